The first-order chi connectivity index (χ1) is 11.6. The van der Waals surface area contributed by atoms with Crippen LogP contribution in [0.4, 0.5) is 4.39 Å². The highest BCUT2D eigenvalue weighted by molar-refractivity contribution is 5.78. The minimum atomic E-state index is -0.277. The van der Waals surface area contributed by atoms with Crippen molar-refractivity contribution in [3.05, 3.63) is 35.1 Å². The van der Waals surface area contributed by atoms with Crippen LogP contribution >= 0.6 is 0 Å². The van der Waals surface area contributed by atoms with Gasteiger partial charge in [-0.25, -0.2) is 4.39 Å². The molecule has 1 amide bonds. The number of nitrogens with one attached hydrogen (secondary N) is 1. The number of amides is 1. The Labute approximate surface area is 142 Å². The summed E-state index contributed by atoms with van der Waals surface area (Å²) in [7, 11) is 1.54. The molecule has 2 unspecified atom stereocenters. The summed E-state index contributed by atoms with van der Waals surface area (Å²) in [5.74, 6) is 0.885. The van der Waals surface area contributed by atoms with Crippen LogP contribution in [0.2, 0.25) is 0 Å². The summed E-state index contributed by atoms with van der Waals surface area (Å²) in [6.45, 7) is 0.658. The molecule has 0 saturated heterocycles. The number of rotatable bonds is 5. The largest absolute Gasteiger partial charge is 0.380 e. The van der Waals surface area contributed by atoms with Crippen molar-refractivity contribution in [2.45, 2.75) is 51.3 Å². The third-order valence-corrected chi connectivity index (χ3v) is 5.66. The zero-order chi connectivity index (χ0) is 17.1. The maximum Gasteiger partial charge on any atom is 0.223 e. The molecule has 2 aliphatic rings. The Morgan fingerprint density at radius 1 is 1.33 bits per heavy atom. The fourth-order valence-corrected chi connectivity index (χ4v) is 4.34. The quantitative estimate of drug-likeness (QED) is 0.870. The molecule has 2 aliphatic carbocycles. The van der Waals surface area contributed by atoms with Crippen molar-refractivity contribution in [2.24, 2.45) is 23.5 Å². The number of fused-ring (bicyclic) bond motifs is 2. The number of hydrogen-bond donors (Lipinski definition) is 2. The van der Waals surface area contributed by atoms with E-state index < -0.39 is 0 Å². The molecule has 0 spiro atoms. The van der Waals surface area contributed by atoms with E-state index in [0.29, 0.717) is 23.9 Å². The van der Waals surface area contributed by atoms with Gasteiger partial charge in [0.05, 0.1) is 6.61 Å². The first-order valence-corrected chi connectivity index (χ1v) is 8.88. The molecule has 0 aliphatic heterocycles. The zero-order valence-electron chi connectivity index (χ0n) is 14.3. The normalized spacial score (nSPS) is 29.3. The second-order valence-corrected chi connectivity index (χ2v) is 7.27. The van der Waals surface area contributed by atoms with Crippen LogP contribution in [-0.2, 0) is 22.7 Å². The zero-order valence-corrected chi connectivity index (χ0v) is 14.3. The van der Waals surface area contributed by atoms with E-state index in [1.54, 1.807) is 19.2 Å². The van der Waals surface area contributed by atoms with Gasteiger partial charge in [-0.2, -0.15) is 0 Å². The second-order valence-electron chi connectivity index (χ2n) is 7.27. The summed E-state index contributed by atoms with van der Waals surface area (Å²) in [5, 5.41) is 3.02. The lowest BCUT2D eigenvalue weighted by atomic mass is 9.65. The van der Waals surface area contributed by atoms with Crippen molar-refractivity contribution in [3.8, 4) is 0 Å². The Kier molecular flexibility index (Phi) is 5.51. The summed E-state index contributed by atoms with van der Waals surface area (Å²) in [6, 6.07) is 5.17. The average Bonchev–Trinajstić information content (AvgIpc) is 2.55. The fraction of sp³-hybridized carbons (Fsp3) is 0.632. The number of ether oxygens (including phenoxy) is 1. The second kappa shape index (κ2) is 7.62. The molecule has 2 bridgehead atoms. The highest BCUT2D eigenvalue weighted by atomic mass is 19.1. The summed E-state index contributed by atoms with van der Waals surface area (Å²) in [6.07, 6.45) is 5.36. The van der Waals surface area contributed by atoms with Gasteiger partial charge in [0.2, 0.25) is 5.91 Å². The van der Waals surface area contributed by atoms with Gasteiger partial charge in [0.1, 0.15) is 5.82 Å². The van der Waals surface area contributed by atoms with Gasteiger partial charge in [0.15, 0.2) is 0 Å². The maximum atomic E-state index is 13.6. The van der Waals surface area contributed by atoms with Crippen LogP contribution in [-0.4, -0.2) is 19.1 Å². The van der Waals surface area contributed by atoms with Gasteiger partial charge in [-0.15, -0.1) is 0 Å². The van der Waals surface area contributed by atoms with Gasteiger partial charge in [-0.05, 0) is 55.2 Å². The molecule has 3 rings (SSSR count). The van der Waals surface area contributed by atoms with Gasteiger partial charge >= 0.3 is 0 Å². The third kappa shape index (κ3) is 3.78. The number of halogens is 1. The predicted molar refractivity (Wildman–Crippen MR) is 90.5 cm³/mol. The summed E-state index contributed by atoms with van der Waals surface area (Å²) < 4.78 is 18.6. The highest BCUT2D eigenvalue weighted by Gasteiger charge is 2.40. The topological polar surface area (TPSA) is 64.3 Å². The number of methoxy groups -OCH3 is 1. The van der Waals surface area contributed by atoms with E-state index in [0.717, 1.165) is 31.2 Å². The molecule has 1 aromatic rings. The highest BCUT2D eigenvalue weighted by Crippen LogP contribution is 2.41. The predicted octanol–water partition coefficient (Wildman–Crippen LogP) is 2.74. The van der Waals surface area contributed by atoms with Gasteiger partial charge in [0.25, 0.3) is 0 Å². The van der Waals surface area contributed by atoms with Crippen LogP contribution in [0.1, 0.15) is 43.2 Å². The van der Waals surface area contributed by atoms with E-state index >= 15 is 0 Å². The maximum absolute atomic E-state index is 13.6. The minimum absolute atomic E-state index is 0.0685. The molecule has 2 atom stereocenters. The first-order valence-electron chi connectivity index (χ1n) is 8.88. The van der Waals surface area contributed by atoms with Crippen LogP contribution in [0.25, 0.3) is 0 Å². The Bertz CT molecular complexity index is 579. The van der Waals surface area contributed by atoms with Crippen LogP contribution in [0.15, 0.2) is 18.2 Å². The molecule has 1 aromatic carbocycles. The molecule has 132 valence electrons. The number of carbonyl (C=O) groups excluding carboxylic acids is 1. The molecular formula is C19H27FN2O2. The Hall–Kier alpha value is -1.46. The Morgan fingerprint density at radius 2 is 2.04 bits per heavy atom. The molecule has 24 heavy (non-hydrogen) atoms. The standard InChI is InChI=1S/C19H27FN2O2/c1-24-11-16-7-12(5-6-17(16)20)10-22-19(23)15-8-13-3-2-4-14(9-15)18(13)21/h5-7,13-15,18H,2-4,8-11,21H2,1H3,(H,22,23). The molecule has 4 nitrogen and oxygen atoms in total. The van der Waals surface area contributed by atoms with Crippen LogP contribution in [0, 0.1) is 23.6 Å². The van der Waals surface area contributed by atoms with Crippen molar-refractivity contribution in [1.29, 1.82) is 0 Å². The van der Waals surface area contributed by atoms with E-state index in [4.69, 9.17) is 10.5 Å². The van der Waals surface area contributed by atoms with Gasteiger partial charge in [-0.1, -0.05) is 12.5 Å². The lowest BCUT2D eigenvalue weighted by Gasteiger charge is -2.43. The minimum Gasteiger partial charge on any atom is -0.380 e. The summed E-state index contributed by atoms with van der Waals surface area (Å²) in [4.78, 5) is 12.5. The van der Waals surface area contributed by atoms with Crippen LogP contribution in [0.5, 0.6) is 0 Å². The summed E-state index contributed by atoms with van der Waals surface area (Å²) >= 11 is 0. The van der Waals surface area contributed by atoms with Crippen molar-refractivity contribution in [2.75, 3.05) is 7.11 Å². The van der Waals surface area contributed by atoms with Gasteiger partial charge in [-0.3, -0.25) is 4.79 Å². The van der Waals surface area contributed by atoms with Crippen molar-refractivity contribution in [3.63, 3.8) is 0 Å². The molecule has 0 aromatic heterocycles. The first kappa shape index (κ1) is 17.4. The molecule has 0 heterocycles. The molecule has 2 fully saturated rings. The number of benzene rings is 1. The van der Waals surface area contributed by atoms with Crippen LogP contribution < -0.4 is 11.1 Å². The lowest BCUT2D eigenvalue weighted by molar-refractivity contribution is -0.128. The summed E-state index contributed by atoms with van der Waals surface area (Å²) in [5.41, 5.74) is 7.70. The van der Waals surface area contributed by atoms with E-state index in [-0.39, 0.29) is 30.3 Å². The van der Waals surface area contributed by atoms with E-state index in [1.165, 1.54) is 12.5 Å². The van der Waals surface area contributed by atoms with Gasteiger partial charge in [0, 0.05) is 31.2 Å². The molecular weight excluding hydrogens is 307 g/mol. The third-order valence-electron chi connectivity index (χ3n) is 5.66. The van der Waals surface area contributed by atoms with E-state index in [9.17, 15) is 9.18 Å². The molecule has 2 saturated carbocycles. The number of nitrogens with two attached hydrogens (primary N) is 1. The van der Waals surface area contributed by atoms with Crippen LogP contribution in [0.3, 0.4) is 0 Å². The van der Waals surface area contributed by atoms with E-state index in [1.807, 2.05) is 0 Å². The van der Waals surface area contributed by atoms with Gasteiger partial charge < -0.3 is 15.8 Å². The number of carbonyl (C=O) groups is 1. The number of hydrogen-bond acceptors (Lipinski definition) is 3. The molecule has 5 heteroatoms. The SMILES string of the molecule is COCc1cc(CNC(=O)C2CC3CCCC(C2)C3N)ccc1F. The Morgan fingerprint density at radius 3 is 2.71 bits per heavy atom. The fourth-order valence-electron chi connectivity index (χ4n) is 4.34. The molecule has 3 N–H and O–H groups in total. The van der Waals surface area contributed by atoms with Crippen molar-refractivity contribution >= 4 is 5.91 Å². The van der Waals surface area contributed by atoms with E-state index in [2.05, 4.69) is 5.32 Å². The average molecular weight is 334 g/mol. The smallest absolute Gasteiger partial charge is 0.223 e. The molecule has 0 radical (unpaired) electrons. The monoisotopic (exact) mass is 334 g/mol. The lowest BCUT2D eigenvalue weighted by Crippen LogP contribution is -2.49. The van der Waals surface area contributed by atoms with Crippen molar-refractivity contribution < 1.29 is 13.9 Å². The Balaban J connectivity index is 1.57. The van der Waals surface area contributed by atoms with Crippen molar-refractivity contribution in [1.82, 2.24) is 5.32 Å².